The number of rotatable bonds is 7. The molecule has 0 aromatic heterocycles. The zero-order valence-electron chi connectivity index (χ0n) is 7.31. The van der Waals surface area contributed by atoms with Crippen LogP contribution in [0, 0.1) is 0 Å². The summed E-state index contributed by atoms with van der Waals surface area (Å²) >= 11 is 0. The number of hydrogen-bond acceptors (Lipinski definition) is 1. The molecule has 0 heterocycles. The van der Waals surface area contributed by atoms with Crippen LogP contribution < -0.4 is 5.73 Å². The first kappa shape index (κ1) is 10.5. The van der Waals surface area contributed by atoms with Gasteiger partial charge in [0.1, 0.15) is 0 Å². The maximum absolute atomic E-state index is 5.37. The van der Waals surface area contributed by atoms with Gasteiger partial charge >= 0.3 is 0 Å². The van der Waals surface area contributed by atoms with Crippen molar-refractivity contribution in [2.24, 2.45) is 5.73 Å². The molecule has 0 aromatic carbocycles. The molecule has 0 aromatic rings. The molecular formula is C10H19N. The van der Waals surface area contributed by atoms with Crippen molar-refractivity contribution in [1.29, 1.82) is 0 Å². The van der Waals surface area contributed by atoms with Gasteiger partial charge in [0.05, 0.1) is 0 Å². The molecule has 0 aliphatic carbocycles. The minimum absolute atomic E-state index is 0.840. The van der Waals surface area contributed by atoms with Crippen LogP contribution in [0.15, 0.2) is 18.4 Å². The summed E-state index contributed by atoms with van der Waals surface area (Å²) in [6.07, 6.45) is 9.51. The number of hydrogen-bond donors (Lipinski definition) is 1. The molecule has 0 spiro atoms. The highest BCUT2D eigenvalue weighted by Crippen LogP contribution is 2.04. The molecule has 0 radical (unpaired) electrons. The lowest BCUT2D eigenvalue weighted by molar-refractivity contribution is 0.623. The Morgan fingerprint density at radius 3 is 2.36 bits per heavy atom. The molecule has 0 saturated heterocycles. The molecule has 1 nitrogen and oxygen atoms in total. The molecule has 0 atom stereocenters. The van der Waals surface area contributed by atoms with E-state index in [1.807, 2.05) is 6.08 Å². The Morgan fingerprint density at radius 1 is 1.09 bits per heavy atom. The zero-order valence-corrected chi connectivity index (χ0v) is 7.31. The predicted octanol–water partition coefficient (Wildman–Crippen LogP) is 2.63. The molecule has 0 unspecified atom stereocenters. The minimum atomic E-state index is 0.840. The summed E-state index contributed by atoms with van der Waals surface area (Å²) in [5.41, 5.74) is 8.14. The maximum atomic E-state index is 5.37. The van der Waals surface area contributed by atoms with Crippen LogP contribution in [0.5, 0.6) is 0 Å². The lowest BCUT2D eigenvalue weighted by atomic mass is 10.1. The SMILES string of the molecule is C=C=CCCCCCCCN. The van der Waals surface area contributed by atoms with E-state index in [4.69, 9.17) is 5.73 Å². The van der Waals surface area contributed by atoms with E-state index in [-0.39, 0.29) is 0 Å². The maximum Gasteiger partial charge on any atom is -0.00773 e. The highest BCUT2D eigenvalue weighted by atomic mass is 14.5. The molecule has 0 aliphatic rings. The average Bonchev–Trinajstić information content (AvgIpc) is 2.03. The van der Waals surface area contributed by atoms with Crippen LogP contribution in [0.1, 0.15) is 38.5 Å². The fraction of sp³-hybridized carbons (Fsp3) is 0.700. The molecule has 0 fully saturated rings. The normalized spacial score (nSPS) is 9.18. The zero-order chi connectivity index (χ0) is 8.36. The lowest BCUT2D eigenvalue weighted by Gasteiger charge is -1.96. The Kier molecular flexibility index (Phi) is 9.03. The van der Waals surface area contributed by atoms with Crippen molar-refractivity contribution in [1.82, 2.24) is 0 Å². The van der Waals surface area contributed by atoms with E-state index in [1.165, 1.54) is 32.1 Å². The molecule has 0 rings (SSSR count). The van der Waals surface area contributed by atoms with Gasteiger partial charge in [0, 0.05) is 0 Å². The molecule has 11 heavy (non-hydrogen) atoms. The molecular weight excluding hydrogens is 134 g/mol. The van der Waals surface area contributed by atoms with Gasteiger partial charge in [-0.25, -0.2) is 0 Å². The fourth-order valence-electron chi connectivity index (χ4n) is 1.02. The molecule has 0 aliphatic heterocycles. The molecule has 1 heteroatoms. The van der Waals surface area contributed by atoms with Crippen molar-refractivity contribution in [2.45, 2.75) is 38.5 Å². The monoisotopic (exact) mass is 153 g/mol. The fourth-order valence-corrected chi connectivity index (χ4v) is 1.02. The summed E-state index contributed by atoms with van der Waals surface area (Å²) in [6.45, 7) is 4.35. The molecule has 0 bridgehead atoms. The van der Waals surface area contributed by atoms with Crippen molar-refractivity contribution in [3.05, 3.63) is 18.4 Å². The summed E-state index contributed by atoms with van der Waals surface area (Å²) in [5, 5.41) is 0. The predicted molar refractivity (Wildman–Crippen MR) is 50.5 cm³/mol. The Hall–Kier alpha value is -0.520. The summed E-state index contributed by atoms with van der Waals surface area (Å²) in [7, 11) is 0. The first-order valence-electron chi connectivity index (χ1n) is 4.46. The van der Waals surface area contributed by atoms with Gasteiger partial charge in [0.15, 0.2) is 0 Å². The molecule has 64 valence electrons. The highest BCUT2D eigenvalue weighted by molar-refractivity contribution is 4.74. The summed E-state index contributed by atoms with van der Waals surface area (Å²) in [5.74, 6) is 0. The van der Waals surface area contributed by atoms with E-state index in [0.717, 1.165) is 13.0 Å². The van der Waals surface area contributed by atoms with Crippen LogP contribution in [0.3, 0.4) is 0 Å². The van der Waals surface area contributed by atoms with E-state index in [2.05, 4.69) is 12.3 Å². The summed E-state index contributed by atoms with van der Waals surface area (Å²) < 4.78 is 0. The largest absolute Gasteiger partial charge is 0.330 e. The van der Waals surface area contributed by atoms with Gasteiger partial charge in [-0.15, -0.1) is 5.73 Å². The van der Waals surface area contributed by atoms with Crippen molar-refractivity contribution in [3.63, 3.8) is 0 Å². The van der Waals surface area contributed by atoms with Crippen LogP contribution in [0.2, 0.25) is 0 Å². The van der Waals surface area contributed by atoms with E-state index in [9.17, 15) is 0 Å². The first-order valence-corrected chi connectivity index (χ1v) is 4.46. The number of nitrogens with two attached hydrogens (primary N) is 1. The second kappa shape index (κ2) is 9.48. The van der Waals surface area contributed by atoms with Crippen molar-refractivity contribution < 1.29 is 0 Å². The second-order valence-corrected chi connectivity index (χ2v) is 2.75. The lowest BCUT2D eigenvalue weighted by Crippen LogP contribution is -1.97. The minimum Gasteiger partial charge on any atom is -0.330 e. The van der Waals surface area contributed by atoms with Gasteiger partial charge in [-0.3, -0.25) is 0 Å². The van der Waals surface area contributed by atoms with E-state index < -0.39 is 0 Å². The third kappa shape index (κ3) is 9.48. The van der Waals surface area contributed by atoms with Crippen LogP contribution >= 0.6 is 0 Å². The highest BCUT2D eigenvalue weighted by Gasteiger charge is 1.87. The van der Waals surface area contributed by atoms with E-state index in [0.29, 0.717) is 0 Å². The number of unbranched alkanes of at least 4 members (excludes halogenated alkanes) is 5. The van der Waals surface area contributed by atoms with E-state index in [1.54, 1.807) is 0 Å². The second-order valence-electron chi connectivity index (χ2n) is 2.75. The summed E-state index contributed by atoms with van der Waals surface area (Å²) in [6, 6.07) is 0. The van der Waals surface area contributed by atoms with Crippen molar-refractivity contribution in [3.8, 4) is 0 Å². The van der Waals surface area contributed by atoms with Crippen LogP contribution in [-0.2, 0) is 0 Å². The van der Waals surface area contributed by atoms with Gasteiger partial charge in [-0.2, -0.15) is 0 Å². The quantitative estimate of drug-likeness (QED) is 0.441. The third-order valence-electron chi connectivity index (χ3n) is 1.70. The first-order chi connectivity index (χ1) is 5.41. The molecule has 0 amide bonds. The Balaban J connectivity index is 2.84. The standard InChI is InChI=1S/C10H19N/c1-2-3-4-5-6-7-8-9-10-11/h3H,1,4-11H2. The Bertz CT molecular complexity index is 112. The van der Waals surface area contributed by atoms with Crippen molar-refractivity contribution in [2.75, 3.05) is 6.54 Å². The smallest absolute Gasteiger partial charge is 0.00773 e. The van der Waals surface area contributed by atoms with Gasteiger partial charge in [-0.05, 0) is 31.9 Å². The summed E-state index contributed by atoms with van der Waals surface area (Å²) in [4.78, 5) is 0. The van der Waals surface area contributed by atoms with Crippen molar-refractivity contribution >= 4 is 0 Å². The Morgan fingerprint density at radius 2 is 1.73 bits per heavy atom. The van der Waals surface area contributed by atoms with Gasteiger partial charge in [0.25, 0.3) is 0 Å². The molecule has 2 N–H and O–H groups in total. The van der Waals surface area contributed by atoms with Crippen LogP contribution in [-0.4, -0.2) is 6.54 Å². The number of allylic oxidation sites excluding steroid dienone is 1. The van der Waals surface area contributed by atoms with Gasteiger partial charge in [0.2, 0.25) is 0 Å². The average molecular weight is 153 g/mol. The Labute approximate surface area is 70.0 Å². The van der Waals surface area contributed by atoms with Crippen LogP contribution in [0.4, 0.5) is 0 Å². The third-order valence-corrected chi connectivity index (χ3v) is 1.70. The van der Waals surface area contributed by atoms with Gasteiger partial charge in [-0.1, -0.05) is 25.8 Å². The topological polar surface area (TPSA) is 26.0 Å². The van der Waals surface area contributed by atoms with Gasteiger partial charge < -0.3 is 5.73 Å². The molecule has 0 saturated carbocycles. The van der Waals surface area contributed by atoms with E-state index >= 15 is 0 Å². The van der Waals surface area contributed by atoms with Crippen LogP contribution in [0.25, 0.3) is 0 Å².